The van der Waals surface area contributed by atoms with Crippen LogP contribution in [0, 0.1) is 0 Å². The molecule has 0 aromatic heterocycles. The minimum Gasteiger partial charge on any atom is -0.452 e. The Bertz CT molecular complexity index is 1220. The second-order valence-corrected chi connectivity index (χ2v) is 7.78. The molecule has 3 aromatic carbocycles. The van der Waals surface area contributed by atoms with E-state index in [0.29, 0.717) is 16.8 Å². The third-order valence-corrected chi connectivity index (χ3v) is 5.12. The minimum absolute atomic E-state index is 0.115. The van der Waals surface area contributed by atoms with Crippen LogP contribution in [-0.4, -0.2) is 36.3 Å². The van der Waals surface area contributed by atoms with Gasteiger partial charge in [0.1, 0.15) is 0 Å². The van der Waals surface area contributed by atoms with Gasteiger partial charge in [-0.1, -0.05) is 42.5 Å². The molecule has 0 spiro atoms. The molecule has 172 valence electrons. The summed E-state index contributed by atoms with van der Waals surface area (Å²) in [4.78, 5) is 49.9. The van der Waals surface area contributed by atoms with E-state index >= 15 is 0 Å². The number of amides is 3. The van der Waals surface area contributed by atoms with E-state index in [1.807, 2.05) is 0 Å². The number of para-hydroxylation sites is 2. The van der Waals surface area contributed by atoms with Crippen molar-refractivity contribution in [2.45, 2.75) is 18.9 Å². The number of rotatable bonds is 8. The van der Waals surface area contributed by atoms with Gasteiger partial charge in [-0.15, -0.1) is 0 Å². The molecule has 1 fully saturated rings. The van der Waals surface area contributed by atoms with Crippen molar-refractivity contribution in [3.8, 4) is 0 Å². The van der Waals surface area contributed by atoms with Gasteiger partial charge < -0.3 is 20.7 Å². The predicted octanol–water partition coefficient (Wildman–Crippen LogP) is 3.63. The molecule has 0 heterocycles. The normalized spacial score (nSPS) is 12.4. The summed E-state index contributed by atoms with van der Waals surface area (Å²) < 4.78 is 5.16. The highest BCUT2D eigenvalue weighted by molar-refractivity contribution is 6.08. The van der Waals surface area contributed by atoms with E-state index < -0.39 is 18.5 Å². The lowest BCUT2D eigenvalue weighted by Crippen LogP contribution is -2.28. The van der Waals surface area contributed by atoms with Gasteiger partial charge in [-0.2, -0.15) is 0 Å². The van der Waals surface area contributed by atoms with E-state index in [0.717, 1.165) is 12.8 Å². The monoisotopic (exact) mass is 457 g/mol. The van der Waals surface area contributed by atoms with Gasteiger partial charge in [0.05, 0.1) is 22.5 Å². The summed E-state index contributed by atoms with van der Waals surface area (Å²) in [6, 6.07) is 21.8. The number of esters is 1. The lowest BCUT2D eigenvalue weighted by Gasteiger charge is -2.13. The molecule has 1 aliphatic carbocycles. The Morgan fingerprint density at radius 2 is 1.29 bits per heavy atom. The van der Waals surface area contributed by atoms with E-state index in [9.17, 15) is 19.2 Å². The van der Waals surface area contributed by atoms with Gasteiger partial charge in [0.25, 0.3) is 17.7 Å². The fraction of sp³-hybridized carbons (Fsp3) is 0.154. The van der Waals surface area contributed by atoms with Gasteiger partial charge in [0, 0.05) is 11.6 Å². The molecule has 0 aliphatic heterocycles. The van der Waals surface area contributed by atoms with Crippen LogP contribution in [0.25, 0.3) is 0 Å². The Labute approximate surface area is 196 Å². The molecule has 4 rings (SSSR count). The summed E-state index contributed by atoms with van der Waals surface area (Å²) in [5.74, 6) is -2.00. The summed E-state index contributed by atoms with van der Waals surface area (Å²) in [6.45, 7) is -0.557. The number of ether oxygens (including phenoxy) is 1. The maximum absolute atomic E-state index is 12.6. The molecule has 0 atom stereocenters. The van der Waals surface area contributed by atoms with Crippen LogP contribution in [0.15, 0.2) is 78.9 Å². The Morgan fingerprint density at radius 1 is 0.706 bits per heavy atom. The maximum Gasteiger partial charge on any atom is 0.340 e. The molecule has 8 heteroatoms. The van der Waals surface area contributed by atoms with Crippen molar-refractivity contribution < 1.29 is 23.9 Å². The fourth-order valence-electron chi connectivity index (χ4n) is 3.23. The molecule has 0 bridgehead atoms. The van der Waals surface area contributed by atoms with Crippen LogP contribution in [0.1, 0.15) is 43.9 Å². The third kappa shape index (κ3) is 5.86. The van der Waals surface area contributed by atoms with Gasteiger partial charge in [0.2, 0.25) is 0 Å². The van der Waals surface area contributed by atoms with E-state index in [2.05, 4.69) is 16.0 Å². The highest BCUT2D eigenvalue weighted by Gasteiger charge is 2.25. The van der Waals surface area contributed by atoms with Crippen LogP contribution < -0.4 is 16.0 Å². The van der Waals surface area contributed by atoms with Gasteiger partial charge in [0.15, 0.2) is 6.61 Å². The highest BCUT2D eigenvalue weighted by atomic mass is 16.5. The summed E-state index contributed by atoms with van der Waals surface area (Å²) >= 11 is 0. The Morgan fingerprint density at radius 3 is 1.97 bits per heavy atom. The van der Waals surface area contributed by atoms with Crippen LogP contribution in [0.4, 0.5) is 11.4 Å². The van der Waals surface area contributed by atoms with Crippen molar-refractivity contribution in [1.29, 1.82) is 0 Å². The van der Waals surface area contributed by atoms with Gasteiger partial charge in [-0.3, -0.25) is 14.4 Å². The Balaban J connectivity index is 1.37. The first-order valence-electron chi connectivity index (χ1n) is 10.8. The lowest BCUT2D eigenvalue weighted by atomic mass is 10.1. The average Bonchev–Trinajstić information content (AvgIpc) is 3.67. The van der Waals surface area contributed by atoms with Crippen LogP contribution in [0.3, 0.4) is 0 Å². The zero-order chi connectivity index (χ0) is 23.9. The van der Waals surface area contributed by atoms with Crippen LogP contribution in [0.5, 0.6) is 0 Å². The minimum atomic E-state index is -0.765. The molecule has 1 aliphatic rings. The first-order chi connectivity index (χ1) is 16.5. The number of nitrogens with one attached hydrogen (secondary N) is 3. The molecule has 0 radical (unpaired) electrons. The van der Waals surface area contributed by atoms with Crippen LogP contribution in [0.2, 0.25) is 0 Å². The van der Waals surface area contributed by atoms with Gasteiger partial charge in [-0.25, -0.2) is 4.79 Å². The lowest BCUT2D eigenvalue weighted by molar-refractivity contribution is -0.119. The second kappa shape index (κ2) is 10.4. The predicted molar refractivity (Wildman–Crippen MR) is 127 cm³/mol. The highest BCUT2D eigenvalue weighted by Crippen LogP contribution is 2.22. The molecule has 3 aromatic rings. The molecular formula is C26H23N3O5. The Kier molecular flexibility index (Phi) is 6.98. The molecule has 1 saturated carbocycles. The second-order valence-electron chi connectivity index (χ2n) is 7.78. The first-order valence-corrected chi connectivity index (χ1v) is 10.8. The van der Waals surface area contributed by atoms with E-state index in [-0.39, 0.29) is 29.1 Å². The summed E-state index contributed by atoms with van der Waals surface area (Å²) in [6.07, 6.45) is 1.90. The molecule has 0 unspecified atom stereocenters. The molecule has 3 N–H and O–H groups in total. The number of hydrogen-bond donors (Lipinski definition) is 3. The number of carbonyl (C=O) groups excluding carboxylic acids is 4. The van der Waals surface area contributed by atoms with E-state index in [1.54, 1.807) is 72.8 Å². The molecular weight excluding hydrogens is 434 g/mol. The van der Waals surface area contributed by atoms with Crippen molar-refractivity contribution >= 4 is 35.1 Å². The third-order valence-electron chi connectivity index (χ3n) is 5.12. The Hall–Kier alpha value is -4.46. The number of anilines is 2. The molecule has 34 heavy (non-hydrogen) atoms. The molecule has 8 nitrogen and oxygen atoms in total. The van der Waals surface area contributed by atoms with Crippen LogP contribution >= 0.6 is 0 Å². The van der Waals surface area contributed by atoms with Gasteiger partial charge >= 0.3 is 5.97 Å². The standard InChI is InChI=1S/C26H23N3O5/c30-23(28-21-12-6-4-10-19(21)25(32)27-18-14-15-18)16-34-26(33)20-11-5-7-13-22(20)29-24(31)17-8-2-1-3-9-17/h1-13,18H,14-16H2,(H,27,32)(H,28,30)(H,29,31). The number of hydrogen-bond acceptors (Lipinski definition) is 5. The van der Waals surface area contributed by atoms with E-state index in [4.69, 9.17) is 4.74 Å². The van der Waals surface area contributed by atoms with Crippen molar-refractivity contribution in [2.75, 3.05) is 17.2 Å². The van der Waals surface area contributed by atoms with E-state index in [1.165, 1.54) is 6.07 Å². The summed E-state index contributed by atoms with van der Waals surface area (Å²) in [7, 11) is 0. The molecule has 3 amide bonds. The van der Waals surface area contributed by atoms with Crippen molar-refractivity contribution in [3.05, 3.63) is 95.6 Å². The van der Waals surface area contributed by atoms with Gasteiger partial charge in [-0.05, 0) is 49.2 Å². The topological polar surface area (TPSA) is 114 Å². The largest absolute Gasteiger partial charge is 0.452 e. The molecule has 0 saturated heterocycles. The number of benzene rings is 3. The zero-order valence-corrected chi connectivity index (χ0v) is 18.2. The fourth-order valence-corrected chi connectivity index (χ4v) is 3.23. The smallest absolute Gasteiger partial charge is 0.340 e. The van der Waals surface area contributed by atoms with Crippen molar-refractivity contribution in [3.63, 3.8) is 0 Å². The summed E-state index contributed by atoms with van der Waals surface area (Å²) in [5, 5.41) is 8.18. The average molecular weight is 457 g/mol. The first kappa shape index (κ1) is 22.7. The maximum atomic E-state index is 12.6. The quantitative estimate of drug-likeness (QED) is 0.447. The zero-order valence-electron chi connectivity index (χ0n) is 18.2. The van der Waals surface area contributed by atoms with Crippen LogP contribution in [-0.2, 0) is 9.53 Å². The van der Waals surface area contributed by atoms with Crippen molar-refractivity contribution in [1.82, 2.24) is 5.32 Å². The van der Waals surface area contributed by atoms with Crippen molar-refractivity contribution in [2.24, 2.45) is 0 Å². The SMILES string of the molecule is O=C(COC(=O)c1ccccc1NC(=O)c1ccccc1)Nc1ccccc1C(=O)NC1CC1. The summed E-state index contributed by atoms with van der Waals surface area (Å²) in [5.41, 5.74) is 1.49. The number of carbonyl (C=O) groups is 4.